The molecule has 28 heavy (non-hydrogen) atoms. The number of hydrogen-bond acceptors (Lipinski definition) is 4. The molecule has 134 valence electrons. The third-order valence-electron chi connectivity index (χ3n) is 5.06. The number of aryl methyl sites for hydroxylation is 1. The Balaban J connectivity index is 1.56. The minimum atomic E-state index is 0.749. The molecule has 0 saturated carbocycles. The predicted octanol–water partition coefficient (Wildman–Crippen LogP) is 3.28. The van der Waals surface area contributed by atoms with Crippen molar-refractivity contribution < 1.29 is 0 Å². The van der Waals surface area contributed by atoms with E-state index in [2.05, 4.69) is 68.4 Å². The van der Waals surface area contributed by atoms with Crippen LogP contribution in [0.15, 0.2) is 73.1 Å². The van der Waals surface area contributed by atoms with Gasteiger partial charge in [0.1, 0.15) is 6.33 Å². The van der Waals surface area contributed by atoms with Gasteiger partial charge in [0.05, 0.1) is 16.7 Å². The first-order valence-electron chi connectivity index (χ1n) is 9.23. The van der Waals surface area contributed by atoms with Crippen LogP contribution in [0.4, 0.5) is 11.5 Å². The van der Waals surface area contributed by atoms with Crippen molar-refractivity contribution in [1.29, 1.82) is 0 Å². The summed E-state index contributed by atoms with van der Waals surface area (Å²) < 4.78 is 2.12. The minimum absolute atomic E-state index is 0.749. The summed E-state index contributed by atoms with van der Waals surface area (Å²) in [6.07, 6.45) is 1.87. The Morgan fingerprint density at radius 1 is 0.893 bits per heavy atom. The third kappa shape index (κ3) is 2.70. The maximum atomic E-state index is 4.60. The highest BCUT2D eigenvalue weighted by Crippen LogP contribution is 2.26. The van der Waals surface area contributed by atoms with Crippen molar-refractivity contribution in [2.45, 2.75) is 6.92 Å². The molecule has 0 unspecified atom stereocenters. The van der Waals surface area contributed by atoms with Crippen LogP contribution < -0.4 is 10.9 Å². The lowest BCUT2D eigenvalue weighted by atomic mass is 9.97. The van der Waals surface area contributed by atoms with Crippen LogP contribution in [0.2, 0.25) is 0 Å². The number of rotatable bonds is 3. The monoisotopic (exact) mass is 363 g/mol. The lowest BCUT2D eigenvalue weighted by molar-refractivity contribution is 1.07. The van der Waals surface area contributed by atoms with E-state index in [1.165, 1.54) is 5.56 Å². The molecule has 5 aromatic rings. The van der Waals surface area contributed by atoms with Gasteiger partial charge in [-0.15, -0.1) is 5.10 Å². The van der Waals surface area contributed by atoms with Crippen molar-refractivity contribution in [2.24, 2.45) is 0 Å². The Morgan fingerprint density at radius 3 is 2.54 bits per heavy atom. The standard InChI is InChI=1S/C22H18BN5/c1-14-6-2-5-9-19(14)28-13-24-18-12-15(10-11-20(18)28)25-22-17-8-4-3-7-16(17)21(23)26-27-22/h2-13H,23H2,1H3,(H,25,27). The number of aromatic nitrogens is 4. The van der Waals surface area contributed by atoms with Crippen LogP contribution in [-0.4, -0.2) is 27.6 Å². The maximum absolute atomic E-state index is 4.60. The molecule has 0 aliphatic carbocycles. The Labute approximate surface area is 163 Å². The van der Waals surface area contributed by atoms with Crippen LogP contribution in [0.25, 0.3) is 27.5 Å². The Bertz CT molecular complexity index is 1330. The molecule has 0 radical (unpaired) electrons. The SMILES string of the molecule is Bc1nnc(Nc2ccc3c(c2)ncn3-c2ccccc2C)c2ccccc12. The molecule has 2 heterocycles. The Hall–Kier alpha value is -3.67. The summed E-state index contributed by atoms with van der Waals surface area (Å²) in [6.45, 7) is 2.11. The summed E-state index contributed by atoms with van der Waals surface area (Å²) in [6, 6.07) is 22.7. The van der Waals surface area contributed by atoms with Gasteiger partial charge in [0.15, 0.2) is 13.7 Å². The van der Waals surface area contributed by atoms with Gasteiger partial charge in [-0.2, -0.15) is 5.10 Å². The molecule has 0 amide bonds. The summed E-state index contributed by atoms with van der Waals surface area (Å²) >= 11 is 0. The molecule has 6 heteroatoms. The number of imidazole rings is 1. The molecule has 0 saturated heterocycles. The summed E-state index contributed by atoms with van der Waals surface area (Å²) in [7, 11) is 1.98. The number of nitrogens with zero attached hydrogens (tertiary/aromatic N) is 4. The fourth-order valence-corrected chi connectivity index (χ4v) is 3.58. The van der Waals surface area contributed by atoms with E-state index in [1.807, 2.05) is 44.5 Å². The molecule has 2 aromatic heterocycles. The van der Waals surface area contributed by atoms with Crippen LogP contribution in [-0.2, 0) is 0 Å². The molecule has 0 atom stereocenters. The first-order chi connectivity index (χ1) is 13.7. The zero-order valence-corrected chi connectivity index (χ0v) is 15.7. The van der Waals surface area contributed by atoms with E-state index in [4.69, 9.17) is 0 Å². The largest absolute Gasteiger partial charge is 0.338 e. The van der Waals surface area contributed by atoms with Gasteiger partial charge in [-0.1, -0.05) is 42.5 Å². The highest BCUT2D eigenvalue weighted by atomic mass is 15.2. The van der Waals surface area contributed by atoms with E-state index in [-0.39, 0.29) is 0 Å². The smallest absolute Gasteiger partial charge is 0.167 e. The molecule has 5 nitrogen and oxygen atoms in total. The number of para-hydroxylation sites is 1. The van der Waals surface area contributed by atoms with Gasteiger partial charge in [-0.3, -0.25) is 4.57 Å². The summed E-state index contributed by atoms with van der Waals surface area (Å²) in [5.74, 6) is 0.749. The number of anilines is 2. The zero-order valence-electron chi connectivity index (χ0n) is 15.7. The van der Waals surface area contributed by atoms with E-state index in [0.717, 1.165) is 44.6 Å². The zero-order chi connectivity index (χ0) is 19.1. The van der Waals surface area contributed by atoms with Gasteiger partial charge in [0.2, 0.25) is 0 Å². The molecule has 0 aliphatic rings. The van der Waals surface area contributed by atoms with E-state index >= 15 is 0 Å². The minimum Gasteiger partial charge on any atom is -0.338 e. The van der Waals surface area contributed by atoms with Crippen LogP contribution in [0.3, 0.4) is 0 Å². The van der Waals surface area contributed by atoms with Crippen molar-refractivity contribution in [3.63, 3.8) is 0 Å². The highest BCUT2D eigenvalue weighted by molar-refractivity contribution is 6.37. The Morgan fingerprint density at radius 2 is 1.68 bits per heavy atom. The average Bonchev–Trinajstić information content (AvgIpc) is 3.14. The molecule has 0 aliphatic heterocycles. The van der Waals surface area contributed by atoms with Crippen LogP contribution >= 0.6 is 0 Å². The van der Waals surface area contributed by atoms with E-state index in [9.17, 15) is 0 Å². The highest BCUT2D eigenvalue weighted by Gasteiger charge is 2.10. The van der Waals surface area contributed by atoms with Crippen molar-refractivity contribution in [1.82, 2.24) is 19.7 Å². The summed E-state index contributed by atoms with van der Waals surface area (Å²) in [5, 5.41) is 14.2. The molecular formula is C22H18BN5. The fraction of sp³-hybridized carbons (Fsp3) is 0.0455. The maximum Gasteiger partial charge on any atom is 0.167 e. The van der Waals surface area contributed by atoms with Crippen LogP contribution in [0, 0.1) is 6.92 Å². The summed E-state index contributed by atoms with van der Waals surface area (Å²) in [4.78, 5) is 4.60. The topological polar surface area (TPSA) is 55.6 Å². The van der Waals surface area contributed by atoms with Gasteiger partial charge >= 0.3 is 0 Å². The van der Waals surface area contributed by atoms with Crippen molar-refractivity contribution >= 4 is 46.8 Å². The number of fused-ring (bicyclic) bond motifs is 2. The lowest BCUT2D eigenvalue weighted by Crippen LogP contribution is -2.13. The van der Waals surface area contributed by atoms with Gasteiger partial charge in [-0.05, 0) is 42.1 Å². The third-order valence-corrected chi connectivity index (χ3v) is 5.06. The molecular weight excluding hydrogens is 345 g/mol. The van der Waals surface area contributed by atoms with Crippen LogP contribution in [0.5, 0.6) is 0 Å². The van der Waals surface area contributed by atoms with Crippen LogP contribution in [0.1, 0.15) is 5.56 Å². The second-order valence-corrected chi connectivity index (χ2v) is 6.91. The normalized spacial score (nSPS) is 11.2. The Kier molecular flexibility index (Phi) is 3.83. The second kappa shape index (κ2) is 6.49. The number of benzene rings is 3. The lowest BCUT2D eigenvalue weighted by Gasteiger charge is -2.10. The van der Waals surface area contributed by atoms with E-state index < -0.39 is 0 Å². The van der Waals surface area contributed by atoms with Crippen molar-refractivity contribution in [2.75, 3.05) is 5.32 Å². The molecule has 3 aromatic carbocycles. The first kappa shape index (κ1) is 16.5. The number of hydrogen-bond donors (Lipinski definition) is 1. The van der Waals surface area contributed by atoms with Crippen molar-refractivity contribution in [3.8, 4) is 5.69 Å². The quantitative estimate of drug-likeness (QED) is 0.500. The van der Waals surface area contributed by atoms with Gasteiger partial charge in [0, 0.05) is 16.7 Å². The van der Waals surface area contributed by atoms with E-state index in [0.29, 0.717) is 0 Å². The van der Waals surface area contributed by atoms with Gasteiger partial charge in [0.25, 0.3) is 0 Å². The van der Waals surface area contributed by atoms with Gasteiger partial charge < -0.3 is 5.32 Å². The number of nitrogens with one attached hydrogen (secondary N) is 1. The predicted molar refractivity (Wildman–Crippen MR) is 117 cm³/mol. The summed E-state index contributed by atoms with van der Waals surface area (Å²) in [5.41, 5.74) is 6.21. The van der Waals surface area contributed by atoms with E-state index in [1.54, 1.807) is 0 Å². The molecule has 0 fully saturated rings. The second-order valence-electron chi connectivity index (χ2n) is 6.91. The molecule has 1 N–H and O–H groups in total. The average molecular weight is 363 g/mol. The van der Waals surface area contributed by atoms with Crippen molar-refractivity contribution in [3.05, 3.63) is 78.6 Å². The molecule has 5 rings (SSSR count). The van der Waals surface area contributed by atoms with Gasteiger partial charge in [-0.25, -0.2) is 4.98 Å². The fourth-order valence-electron chi connectivity index (χ4n) is 3.58. The first-order valence-corrected chi connectivity index (χ1v) is 9.23. The molecule has 0 spiro atoms. The molecule has 0 bridgehead atoms.